The quantitative estimate of drug-likeness (QED) is 0.851. The number of hydrogen-bond acceptors (Lipinski definition) is 3. The second kappa shape index (κ2) is 3.80. The molecule has 3 rings (SSSR count). The first-order valence-electron chi connectivity index (χ1n) is 5.76. The number of nitrogens with zero attached hydrogens (tertiary/aromatic N) is 2. The number of carbonyl (C=O) groups is 1. The van der Waals surface area contributed by atoms with Crippen LogP contribution in [0.1, 0.15) is 28.9 Å². The van der Waals surface area contributed by atoms with Gasteiger partial charge in [-0.2, -0.15) is 0 Å². The average Bonchev–Trinajstić information content (AvgIpc) is 3.12. The van der Waals surface area contributed by atoms with Crippen LogP contribution < -0.4 is 5.32 Å². The fourth-order valence-corrected chi connectivity index (χ4v) is 1.83. The highest BCUT2D eigenvalue weighted by Gasteiger charge is 2.24. The Hall–Kier alpha value is -1.97. The Bertz CT molecular complexity index is 590. The number of fused-ring (bicyclic) bond motifs is 1. The van der Waals surface area contributed by atoms with Crippen molar-refractivity contribution in [2.75, 3.05) is 0 Å². The summed E-state index contributed by atoms with van der Waals surface area (Å²) in [6, 6.07) is 4.08. The van der Waals surface area contributed by atoms with E-state index in [4.69, 9.17) is 0 Å². The number of pyridine rings is 2. The van der Waals surface area contributed by atoms with E-state index in [1.807, 2.05) is 19.1 Å². The topological polar surface area (TPSA) is 54.9 Å². The van der Waals surface area contributed by atoms with Gasteiger partial charge in [0.1, 0.15) is 0 Å². The number of carbonyl (C=O) groups excluding carboxylic acids is 1. The van der Waals surface area contributed by atoms with Gasteiger partial charge in [0.25, 0.3) is 5.91 Å². The number of nitrogens with one attached hydrogen (secondary N) is 1. The van der Waals surface area contributed by atoms with Crippen LogP contribution in [0.15, 0.2) is 24.5 Å². The predicted octanol–water partition coefficient (Wildman–Crippen LogP) is 1.83. The van der Waals surface area contributed by atoms with Crippen molar-refractivity contribution in [1.29, 1.82) is 0 Å². The zero-order valence-corrected chi connectivity index (χ0v) is 9.60. The highest BCUT2D eigenvalue weighted by atomic mass is 16.1. The lowest BCUT2D eigenvalue weighted by atomic mass is 10.1. The van der Waals surface area contributed by atoms with Gasteiger partial charge in [-0.15, -0.1) is 0 Å². The molecule has 0 bridgehead atoms. The molecule has 0 unspecified atom stereocenters. The van der Waals surface area contributed by atoms with E-state index in [1.165, 1.54) is 0 Å². The second-order valence-electron chi connectivity index (χ2n) is 4.44. The van der Waals surface area contributed by atoms with Crippen LogP contribution in [0.4, 0.5) is 0 Å². The molecule has 0 aliphatic heterocycles. The molecular formula is C13H13N3O. The van der Waals surface area contributed by atoms with Crippen molar-refractivity contribution in [1.82, 2.24) is 15.3 Å². The molecule has 1 saturated carbocycles. The van der Waals surface area contributed by atoms with Gasteiger partial charge in [0.2, 0.25) is 0 Å². The molecule has 1 aliphatic rings. The maximum Gasteiger partial charge on any atom is 0.253 e. The van der Waals surface area contributed by atoms with E-state index < -0.39 is 0 Å². The van der Waals surface area contributed by atoms with Crippen molar-refractivity contribution < 1.29 is 4.79 Å². The molecule has 2 aromatic heterocycles. The number of hydrogen-bond donors (Lipinski definition) is 1. The zero-order chi connectivity index (χ0) is 11.8. The van der Waals surface area contributed by atoms with Crippen molar-refractivity contribution >= 4 is 16.8 Å². The summed E-state index contributed by atoms with van der Waals surface area (Å²) >= 11 is 0. The van der Waals surface area contributed by atoms with Crippen molar-refractivity contribution in [3.05, 3.63) is 35.8 Å². The van der Waals surface area contributed by atoms with E-state index in [9.17, 15) is 4.79 Å². The van der Waals surface area contributed by atoms with Gasteiger partial charge in [0.15, 0.2) is 0 Å². The smallest absolute Gasteiger partial charge is 0.253 e. The van der Waals surface area contributed by atoms with Crippen LogP contribution in [0.3, 0.4) is 0 Å². The Kier molecular flexibility index (Phi) is 2.28. The molecule has 0 aromatic carbocycles. The maximum absolute atomic E-state index is 12.0. The first kappa shape index (κ1) is 10.2. The van der Waals surface area contributed by atoms with Gasteiger partial charge >= 0.3 is 0 Å². The SMILES string of the molecule is Cc1nc2ccncc2cc1C(=O)NC1CC1. The molecular weight excluding hydrogens is 214 g/mol. The molecule has 2 aromatic rings. The van der Waals surface area contributed by atoms with Gasteiger partial charge in [-0.3, -0.25) is 14.8 Å². The van der Waals surface area contributed by atoms with E-state index >= 15 is 0 Å². The highest BCUT2D eigenvalue weighted by Crippen LogP contribution is 2.21. The number of aryl methyl sites for hydroxylation is 1. The summed E-state index contributed by atoms with van der Waals surface area (Å²) in [6.07, 6.45) is 5.62. The molecule has 1 amide bonds. The Labute approximate surface area is 99.1 Å². The van der Waals surface area contributed by atoms with Crippen LogP contribution in [0, 0.1) is 6.92 Å². The first-order chi connectivity index (χ1) is 8.24. The third-order valence-electron chi connectivity index (χ3n) is 2.96. The lowest BCUT2D eigenvalue weighted by Gasteiger charge is -2.07. The largest absolute Gasteiger partial charge is 0.349 e. The molecule has 86 valence electrons. The van der Waals surface area contributed by atoms with Crippen LogP contribution >= 0.6 is 0 Å². The predicted molar refractivity (Wildman–Crippen MR) is 64.8 cm³/mol. The fraction of sp³-hybridized carbons (Fsp3) is 0.308. The van der Waals surface area contributed by atoms with E-state index in [0.717, 1.165) is 29.4 Å². The van der Waals surface area contributed by atoms with Crippen LogP contribution in [-0.2, 0) is 0 Å². The van der Waals surface area contributed by atoms with E-state index in [-0.39, 0.29) is 5.91 Å². The molecule has 1 fully saturated rings. The minimum absolute atomic E-state index is 0.0248. The molecule has 0 radical (unpaired) electrons. The monoisotopic (exact) mass is 227 g/mol. The Morgan fingerprint density at radius 2 is 2.29 bits per heavy atom. The van der Waals surface area contributed by atoms with Gasteiger partial charge in [-0.1, -0.05) is 0 Å². The van der Waals surface area contributed by atoms with Gasteiger partial charge in [-0.05, 0) is 31.9 Å². The lowest BCUT2D eigenvalue weighted by Crippen LogP contribution is -2.26. The third-order valence-corrected chi connectivity index (χ3v) is 2.96. The number of aromatic nitrogens is 2. The standard InChI is InChI=1S/C13H13N3O/c1-8-11(13(17)16-10-2-3-10)6-9-7-14-5-4-12(9)15-8/h4-7,10H,2-3H2,1H3,(H,16,17). The normalized spacial score (nSPS) is 14.9. The molecule has 17 heavy (non-hydrogen) atoms. The van der Waals surface area contributed by atoms with Gasteiger partial charge < -0.3 is 5.32 Å². The zero-order valence-electron chi connectivity index (χ0n) is 9.60. The van der Waals surface area contributed by atoms with Crippen LogP contribution in [-0.4, -0.2) is 21.9 Å². The average molecular weight is 227 g/mol. The summed E-state index contributed by atoms with van der Waals surface area (Å²) in [6.45, 7) is 1.86. The van der Waals surface area contributed by atoms with E-state index in [1.54, 1.807) is 12.4 Å². The molecule has 1 aliphatic carbocycles. The van der Waals surface area contributed by atoms with Crippen molar-refractivity contribution in [3.8, 4) is 0 Å². The second-order valence-corrected chi connectivity index (χ2v) is 4.44. The molecule has 0 atom stereocenters. The summed E-state index contributed by atoms with van der Waals surface area (Å²) in [5.41, 5.74) is 2.29. The molecule has 0 saturated heterocycles. The summed E-state index contributed by atoms with van der Waals surface area (Å²) in [4.78, 5) is 20.5. The van der Waals surface area contributed by atoms with E-state index in [2.05, 4.69) is 15.3 Å². The minimum Gasteiger partial charge on any atom is -0.349 e. The van der Waals surface area contributed by atoms with E-state index in [0.29, 0.717) is 11.6 Å². The molecule has 2 heterocycles. The van der Waals surface area contributed by atoms with Crippen LogP contribution in [0.25, 0.3) is 10.9 Å². The number of amides is 1. The van der Waals surface area contributed by atoms with Crippen molar-refractivity contribution in [2.24, 2.45) is 0 Å². The molecule has 4 heteroatoms. The molecule has 0 spiro atoms. The fourth-order valence-electron chi connectivity index (χ4n) is 1.83. The van der Waals surface area contributed by atoms with Crippen LogP contribution in [0.2, 0.25) is 0 Å². The highest BCUT2D eigenvalue weighted by molar-refractivity contribution is 5.98. The van der Waals surface area contributed by atoms with Crippen LogP contribution in [0.5, 0.6) is 0 Å². The lowest BCUT2D eigenvalue weighted by molar-refractivity contribution is 0.0950. The summed E-state index contributed by atoms with van der Waals surface area (Å²) < 4.78 is 0. The van der Waals surface area contributed by atoms with Gasteiger partial charge in [-0.25, -0.2) is 0 Å². The summed E-state index contributed by atoms with van der Waals surface area (Å²) in [7, 11) is 0. The summed E-state index contributed by atoms with van der Waals surface area (Å²) in [5.74, 6) is -0.0248. The van der Waals surface area contributed by atoms with Gasteiger partial charge in [0.05, 0.1) is 16.8 Å². The number of rotatable bonds is 2. The Morgan fingerprint density at radius 1 is 1.47 bits per heavy atom. The van der Waals surface area contributed by atoms with Gasteiger partial charge in [0, 0.05) is 23.8 Å². The Morgan fingerprint density at radius 3 is 3.06 bits per heavy atom. The molecule has 1 N–H and O–H groups in total. The minimum atomic E-state index is -0.0248. The maximum atomic E-state index is 12.0. The summed E-state index contributed by atoms with van der Waals surface area (Å²) in [5, 5.41) is 3.88. The van der Waals surface area contributed by atoms with Crippen molar-refractivity contribution in [2.45, 2.75) is 25.8 Å². The third kappa shape index (κ3) is 1.98. The van der Waals surface area contributed by atoms with Crippen molar-refractivity contribution in [3.63, 3.8) is 0 Å². The Balaban J connectivity index is 2.02. The first-order valence-corrected chi connectivity index (χ1v) is 5.76. The molecule has 4 nitrogen and oxygen atoms in total.